The van der Waals surface area contributed by atoms with E-state index in [9.17, 15) is 9.90 Å². The monoisotopic (exact) mass is 554 g/mol. The molecule has 0 saturated carbocycles. The summed E-state index contributed by atoms with van der Waals surface area (Å²) in [6.45, 7) is 0.569. The third-order valence-electron chi connectivity index (χ3n) is 3.55. The van der Waals surface area contributed by atoms with Crippen LogP contribution in [-0.2, 0) is 6.54 Å². The number of nitrogens with zero attached hydrogens (tertiary/aromatic N) is 3. The summed E-state index contributed by atoms with van der Waals surface area (Å²) >= 11 is 9.89. The molecule has 9 heteroatoms. The highest BCUT2D eigenvalue weighted by Crippen LogP contribution is 2.32. The Balaban J connectivity index is 1.61. The molecule has 138 valence electrons. The molecule has 0 bridgehead atoms. The number of halogens is 3. The van der Waals surface area contributed by atoms with E-state index in [2.05, 4.69) is 63.4 Å². The predicted molar refractivity (Wildman–Crippen MR) is 114 cm³/mol. The van der Waals surface area contributed by atoms with Gasteiger partial charge in [-0.05, 0) is 73.3 Å². The van der Waals surface area contributed by atoms with Crippen molar-refractivity contribution in [1.82, 2.24) is 15.2 Å². The number of carbonyl (C=O) groups excluding carboxylic acids is 1. The van der Waals surface area contributed by atoms with Crippen molar-refractivity contribution in [3.05, 3.63) is 78.9 Å². The number of phenolic OH excluding ortho intramolecular Hbond substituents is 1. The molecule has 1 aromatic heterocycles. The van der Waals surface area contributed by atoms with Gasteiger partial charge in [-0.25, -0.2) is 5.43 Å². The second-order valence-electron chi connectivity index (χ2n) is 5.56. The number of hydrazone groups is 1. The minimum atomic E-state index is -0.405. The van der Waals surface area contributed by atoms with E-state index in [-0.39, 0.29) is 11.4 Å². The molecular weight excluding hydrogens is 544 g/mol. The number of carbonyl (C=O) groups is 1. The van der Waals surface area contributed by atoms with Crippen LogP contribution in [0.1, 0.15) is 21.6 Å². The SMILES string of the molecule is O=C(NN=Cc1cc(Br)c(O)c(Br)c1)c1ccn(Cc2ccc(Br)cc2)n1. The van der Waals surface area contributed by atoms with Crippen LogP contribution in [0.15, 0.2) is 67.2 Å². The number of hydrogen-bond acceptors (Lipinski definition) is 4. The van der Waals surface area contributed by atoms with Crippen molar-refractivity contribution in [2.45, 2.75) is 6.54 Å². The maximum absolute atomic E-state index is 12.2. The molecule has 0 atom stereocenters. The molecule has 3 rings (SSSR count). The third kappa shape index (κ3) is 5.27. The molecule has 27 heavy (non-hydrogen) atoms. The summed E-state index contributed by atoms with van der Waals surface area (Å²) in [6, 6.07) is 12.9. The normalized spacial score (nSPS) is 11.1. The first kappa shape index (κ1) is 19.8. The van der Waals surface area contributed by atoms with Crippen LogP contribution in [0.5, 0.6) is 5.75 Å². The molecule has 2 aromatic carbocycles. The maximum atomic E-state index is 12.2. The van der Waals surface area contributed by atoms with Crippen LogP contribution in [0.25, 0.3) is 0 Å². The molecule has 1 heterocycles. The summed E-state index contributed by atoms with van der Waals surface area (Å²) in [4.78, 5) is 12.2. The lowest BCUT2D eigenvalue weighted by atomic mass is 10.2. The van der Waals surface area contributed by atoms with E-state index in [1.165, 1.54) is 6.21 Å². The van der Waals surface area contributed by atoms with Gasteiger partial charge >= 0.3 is 0 Å². The van der Waals surface area contributed by atoms with Crippen molar-refractivity contribution in [2.75, 3.05) is 0 Å². The molecular formula is C18H13Br3N4O2. The van der Waals surface area contributed by atoms with Gasteiger partial charge in [-0.3, -0.25) is 9.48 Å². The van der Waals surface area contributed by atoms with Crippen molar-refractivity contribution in [3.8, 4) is 5.75 Å². The minimum Gasteiger partial charge on any atom is -0.506 e. The lowest BCUT2D eigenvalue weighted by Gasteiger charge is -2.02. The second kappa shape index (κ2) is 8.81. The van der Waals surface area contributed by atoms with Gasteiger partial charge in [0.15, 0.2) is 5.69 Å². The van der Waals surface area contributed by atoms with E-state index in [0.29, 0.717) is 21.1 Å². The van der Waals surface area contributed by atoms with E-state index < -0.39 is 5.91 Å². The van der Waals surface area contributed by atoms with Crippen LogP contribution in [0, 0.1) is 0 Å². The molecule has 0 unspecified atom stereocenters. The van der Waals surface area contributed by atoms with Gasteiger partial charge in [0.2, 0.25) is 0 Å². The molecule has 6 nitrogen and oxygen atoms in total. The van der Waals surface area contributed by atoms with Gasteiger partial charge in [-0.2, -0.15) is 10.2 Å². The van der Waals surface area contributed by atoms with E-state index in [4.69, 9.17) is 0 Å². The van der Waals surface area contributed by atoms with Crippen molar-refractivity contribution < 1.29 is 9.90 Å². The highest BCUT2D eigenvalue weighted by Gasteiger charge is 2.09. The van der Waals surface area contributed by atoms with Crippen LogP contribution >= 0.6 is 47.8 Å². The largest absolute Gasteiger partial charge is 0.506 e. The van der Waals surface area contributed by atoms with Crippen molar-refractivity contribution in [3.63, 3.8) is 0 Å². The summed E-state index contributed by atoms with van der Waals surface area (Å²) in [5.74, 6) is -0.301. The maximum Gasteiger partial charge on any atom is 0.291 e. The fraction of sp³-hybridized carbons (Fsp3) is 0.0556. The quantitative estimate of drug-likeness (QED) is 0.353. The first-order chi connectivity index (χ1) is 12.9. The van der Waals surface area contributed by atoms with Crippen molar-refractivity contribution in [1.29, 1.82) is 0 Å². The number of nitrogens with one attached hydrogen (secondary N) is 1. The van der Waals surface area contributed by atoms with Crippen LogP contribution in [0.4, 0.5) is 0 Å². The topological polar surface area (TPSA) is 79.5 Å². The molecule has 0 saturated heterocycles. The van der Waals surface area contributed by atoms with Gasteiger partial charge in [-0.1, -0.05) is 28.1 Å². The number of amides is 1. The number of benzene rings is 2. The van der Waals surface area contributed by atoms with E-state index >= 15 is 0 Å². The smallest absolute Gasteiger partial charge is 0.291 e. The zero-order chi connectivity index (χ0) is 19.4. The molecule has 0 spiro atoms. The fourth-order valence-corrected chi connectivity index (χ4v) is 3.72. The minimum absolute atomic E-state index is 0.104. The van der Waals surface area contributed by atoms with Crippen LogP contribution < -0.4 is 5.43 Å². The van der Waals surface area contributed by atoms with E-state index in [1.54, 1.807) is 29.1 Å². The van der Waals surface area contributed by atoms with Gasteiger partial charge < -0.3 is 5.11 Å². The number of phenols is 1. The van der Waals surface area contributed by atoms with Crippen molar-refractivity contribution in [2.24, 2.45) is 5.10 Å². The number of rotatable bonds is 5. The Hall–Kier alpha value is -1.97. The third-order valence-corrected chi connectivity index (χ3v) is 5.29. The molecule has 3 aromatic rings. The second-order valence-corrected chi connectivity index (χ2v) is 8.18. The van der Waals surface area contributed by atoms with Gasteiger partial charge in [0.25, 0.3) is 5.91 Å². The standard InChI is InChI=1S/C18H13Br3N4O2/c19-13-3-1-11(2-4-13)10-25-6-5-16(24-25)18(27)23-22-9-12-7-14(20)17(26)15(21)8-12/h1-9,26H,10H2,(H,23,27). The van der Waals surface area contributed by atoms with Gasteiger partial charge in [-0.15, -0.1) is 0 Å². The van der Waals surface area contributed by atoms with Crippen LogP contribution in [-0.4, -0.2) is 27.0 Å². The molecule has 0 aliphatic heterocycles. The van der Waals surface area contributed by atoms with Crippen LogP contribution in [0.2, 0.25) is 0 Å². The molecule has 2 N–H and O–H groups in total. The molecule has 0 aliphatic carbocycles. The number of aromatic nitrogens is 2. The molecule has 0 fully saturated rings. The average molecular weight is 557 g/mol. The molecule has 0 radical (unpaired) electrons. The first-order valence-corrected chi connectivity index (χ1v) is 10.1. The number of hydrogen-bond donors (Lipinski definition) is 2. The Bertz CT molecular complexity index is 977. The van der Waals surface area contributed by atoms with Gasteiger partial charge in [0, 0.05) is 10.7 Å². The Kier molecular flexibility index (Phi) is 6.46. The average Bonchev–Trinajstić information content (AvgIpc) is 3.10. The molecule has 0 aliphatic rings. The summed E-state index contributed by atoms with van der Waals surface area (Å²) in [7, 11) is 0. The summed E-state index contributed by atoms with van der Waals surface area (Å²) < 4.78 is 3.75. The van der Waals surface area contributed by atoms with Crippen LogP contribution in [0.3, 0.4) is 0 Å². The summed E-state index contributed by atoms with van der Waals surface area (Å²) in [5.41, 5.74) is 4.50. The Morgan fingerprint density at radius 3 is 2.48 bits per heavy atom. The number of aromatic hydroxyl groups is 1. The summed E-state index contributed by atoms with van der Waals surface area (Å²) in [5, 5.41) is 17.9. The Morgan fingerprint density at radius 1 is 1.15 bits per heavy atom. The zero-order valence-electron chi connectivity index (χ0n) is 13.7. The summed E-state index contributed by atoms with van der Waals surface area (Å²) in [6.07, 6.45) is 3.22. The van der Waals surface area contributed by atoms with Gasteiger partial charge in [0.1, 0.15) is 5.75 Å². The fourth-order valence-electron chi connectivity index (χ4n) is 2.23. The van der Waals surface area contributed by atoms with E-state index in [1.807, 2.05) is 24.3 Å². The Morgan fingerprint density at radius 2 is 1.81 bits per heavy atom. The zero-order valence-corrected chi connectivity index (χ0v) is 18.5. The highest BCUT2D eigenvalue weighted by molar-refractivity contribution is 9.11. The lowest BCUT2D eigenvalue weighted by Crippen LogP contribution is -2.18. The molecule has 1 amide bonds. The lowest BCUT2D eigenvalue weighted by molar-refractivity contribution is 0.0949. The van der Waals surface area contributed by atoms with Gasteiger partial charge in [0.05, 0.1) is 21.7 Å². The first-order valence-electron chi connectivity index (χ1n) is 7.71. The predicted octanol–water partition coefficient (Wildman–Crippen LogP) is 4.69. The van der Waals surface area contributed by atoms with Crippen molar-refractivity contribution >= 4 is 59.9 Å². The highest BCUT2D eigenvalue weighted by atomic mass is 79.9. The Labute approximate surface area is 180 Å². The van der Waals surface area contributed by atoms with E-state index in [0.717, 1.165) is 10.0 Å².